The number of primary amides is 1. The maximum Gasteiger partial charge on any atom is 0.408 e. The number of aromatic amines is 1. The third-order valence-corrected chi connectivity index (χ3v) is 6.66. The van der Waals surface area contributed by atoms with Crippen LogP contribution < -0.4 is 21.7 Å². The van der Waals surface area contributed by atoms with Crippen LogP contribution in [-0.4, -0.2) is 51.9 Å². The number of amides is 4. The highest BCUT2D eigenvalue weighted by Crippen LogP contribution is 2.09. The lowest BCUT2D eigenvalue weighted by Crippen LogP contribution is -2.57. The number of imidazole rings is 1. The van der Waals surface area contributed by atoms with Crippen LogP contribution in [0.3, 0.4) is 0 Å². The molecule has 0 fully saturated rings. The molecule has 3 aromatic carbocycles. The number of H-pyrrole nitrogens is 1. The predicted octanol–water partition coefficient (Wildman–Crippen LogP) is 2.19. The number of nitrogens with one attached hydrogen (secondary N) is 4. The lowest BCUT2D eigenvalue weighted by molar-refractivity contribution is -0.132. The molecule has 3 atom stereocenters. The molecule has 1 aromatic heterocycles. The van der Waals surface area contributed by atoms with Crippen molar-refractivity contribution < 1.29 is 23.9 Å². The van der Waals surface area contributed by atoms with E-state index < -0.39 is 41.9 Å². The van der Waals surface area contributed by atoms with E-state index >= 15 is 0 Å². The molecule has 4 amide bonds. The Kier molecular flexibility index (Phi) is 11.0. The van der Waals surface area contributed by atoms with Gasteiger partial charge in [0.1, 0.15) is 24.7 Å². The number of nitrogens with two attached hydrogens (primary N) is 1. The molecule has 222 valence electrons. The summed E-state index contributed by atoms with van der Waals surface area (Å²) < 4.78 is 5.35. The second kappa shape index (κ2) is 15.5. The van der Waals surface area contributed by atoms with Gasteiger partial charge in [0, 0.05) is 31.2 Å². The summed E-state index contributed by atoms with van der Waals surface area (Å²) in [7, 11) is 0. The average Bonchev–Trinajstić information content (AvgIpc) is 3.54. The predicted molar refractivity (Wildman–Crippen MR) is 159 cm³/mol. The Morgan fingerprint density at radius 1 is 0.674 bits per heavy atom. The van der Waals surface area contributed by atoms with Gasteiger partial charge in [0.2, 0.25) is 17.7 Å². The quantitative estimate of drug-likeness (QED) is 0.153. The van der Waals surface area contributed by atoms with Crippen LogP contribution in [0.25, 0.3) is 0 Å². The molecule has 4 aromatic rings. The van der Waals surface area contributed by atoms with Crippen molar-refractivity contribution in [1.82, 2.24) is 25.9 Å². The highest BCUT2D eigenvalue weighted by molar-refractivity contribution is 5.94. The van der Waals surface area contributed by atoms with Gasteiger partial charge in [0.15, 0.2) is 0 Å². The Morgan fingerprint density at radius 2 is 1.16 bits per heavy atom. The second-order valence-corrected chi connectivity index (χ2v) is 9.94. The summed E-state index contributed by atoms with van der Waals surface area (Å²) in [4.78, 5) is 58.9. The first-order valence-electron chi connectivity index (χ1n) is 13.8. The van der Waals surface area contributed by atoms with Gasteiger partial charge in [-0.05, 0) is 16.7 Å². The smallest absolute Gasteiger partial charge is 0.408 e. The van der Waals surface area contributed by atoms with Crippen LogP contribution in [0.1, 0.15) is 22.4 Å². The number of aromatic nitrogens is 2. The lowest BCUT2D eigenvalue weighted by atomic mass is 10.0. The van der Waals surface area contributed by atoms with E-state index in [4.69, 9.17) is 10.5 Å². The molecule has 0 aliphatic heterocycles. The maximum atomic E-state index is 13.7. The SMILES string of the molecule is NC(=O)[C@H](Cc1cnc[nH]1)NC(=O)[C@@H](Cc1ccccc1)NC(=O)[C@H](Cc1ccccc1)NC(=O)OCc1ccccc1. The van der Waals surface area contributed by atoms with E-state index in [9.17, 15) is 19.2 Å². The molecule has 0 saturated carbocycles. The van der Waals surface area contributed by atoms with Gasteiger partial charge in [-0.25, -0.2) is 9.78 Å². The van der Waals surface area contributed by atoms with E-state index in [1.54, 1.807) is 0 Å². The minimum atomic E-state index is -1.08. The molecular weight excluding hydrogens is 548 g/mol. The summed E-state index contributed by atoms with van der Waals surface area (Å²) in [5.74, 6) is -1.94. The van der Waals surface area contributed by atoms with Crippen LogP contribution >= 0.6 is 0 Å². The van der Waals surface area contributed by atoms with Crippen molar-refractivity contribution in [2.24, 2.45) is 5.73 Å². The minimum absolute atomic E-state index is 0.0240. The topological polar surface area (TPSA) is 168 Å². The molecule has 11 nitrogen and oxygen atoms in total. The van der Waals surface area contributed by atoms with Crippen molar-refractivity contribution in [2.75, 3.05) is 0 Å². The number of rotatable bonds is 14. The number of hydrogen-bond acceptors (Lipinski definition) is 6. The molecule has 1 heterocycles. The number of alkyl carbamates (subject to hydrolysis) is 1. The molecule has 0 saturated heterocycles. The number of nitrogens with zero attached hydrogens (tertiary/aromatic N) is 1. The molecule has 0 radical (unpaired) electrons. The van der Waals surface area contributed by atoms with Crippen LogP contribution in [0.5, 0.6) is 0 Å². The number of carbonyl (C=O) groups is 4. The Morgan fingerprint density at radius 3 is 1.65 bits per heavy atom. The van der Waals surface area contributed by atoms with Crippen LogP contribution in [0.2, 0.25) is 0 Å². The lowest BCUT2D eigenvalue weighted by Gasteiger charge is -2.25. The first-order valence-corrected chi connectivity index (χ1v) is 13.8. The van der Waals surface area contributed by atoms with E-state index in [-0.39, 0.29) is 25.9 Å². The number of benzene rings is 3. The van der Waals surface area contributed by atoms with Gasteiger partial charge < -0.3 is 31.4 Å². The minimum Gasteiger partial charge on any atom is -0.445 e. The monoisotopic (exact) mass is 582 g/mol. The van der Waals surface area contributed by atoms with Crippen molar-refractivity contribution in [2.45, 2.75) is 44.0 Å². The van der Waals surface area contributed by atoms with E-state index in [0.29, 0.717) is 5.69 Å². The van der Waals surface area contributed by atoms with Crippen molar-refractivity contribution in [3.8, 4) is 0 Å². The fourth-order valence-electron chi connectivity index (χ4n) is 4.41. The van der Waals surface area contributed by atoms with Gasteiger partial charge in [-0.3, -0.25) is 14.4 Å². The first kappa shape index (κ1) is 30.5. The number of hydrogen-bond donors (Lipinski definition) is 5. The Balaban J connectivity index is 1.50. The van der Waals surface area contributed by atoms with Crippen molar-refractivity contribution in [3.63, 3.8) is 0 Å². The van der Waals surface area contributed by atoms with Crippen molar-refractivity contribution >= 4 is 23.8 Å². The molecule has 43 heavy (non-hydrogen) atoms. The van der Waals surface area contributed by atoms with E-state index in [1.165, 1.54) is 12.5 Å². The fraction of sp³-hybridized carbons (Fsp3) is 0.219. The van der Waals surface area contributed by atoms with Gasteiger partial charge in [-0.15, -0.1) is 0 Å². The summed E-state index contributed by atoms with van der Waals surface area (Å²) in [5, 5.41) is 8.08. The van der Waals surface area contributed by atoms with Gasteiger partial charge in [0.25, 0.3) is 0 Å². The summed E-state index contributed by atoms with van der Waals surface area (Å²) in [6, 6.07) is 24.2. The molecule has 0 spiro atoms. The highest BCUT2D eigenvalue weighted by Gasteiger charge is 2.30. The van der Waals surface area contributed by atoms with Gasteiger partial charge >= 0.3 is 6.09 Å². The van der Waals surface area contributed by atoms with Crippen LogP contribution in [0.4, 0.5) is 4.79 Å². The molecule has 6 N–H and O–H groups in total. The number of ether oxygens (including phenoxy) is 1. The standard InChI is InChI=1S/C32H34N6O5/c33-29(39)26(18-25-19-34-21-35-25)36-30(40)27(16-22-10-4-1-5-11-22)37-31(41)28(17-23-12-6-2-7-13-23)38-32(42)43-20-24-14-8-3-9-15-24/h1-15,19,21,26-28H,16-18,20H2,(H2,33,39)(H,34,35)(H,36,40)(H,37,41)(H,38,42)/t26-,27+,28-/m0/s1. The zero-order chi connectivity index (χ0) is 30.4. The zero-order valence-electron chi connectivity index (χ0n) is 23.4. The van der Waals surface area contributed by atoms with Crippen LogP contribution in [0.15, 0.2) is 104 Å². The summed E-state index contributed by atoms with van der Waals surface area (Å²) in [6.07, 6.45) is 2.58. The second-order valence-electron chi connectivity index (χ2n) is 9.94. The highest BCUT2D eigenvalue weighted by atomic mass is 16.5. The molecule has 11 heteroatoms. The summed E-state index contributed by atoms with van der Waals surface area (Å²) in [6.45, 7) is 0.0240. The molecule has 0 bridgehead atoms. The van der Waals surface area contributed by atoms with Crippen LogP contribution in [0, 0.1) is 0 Å². The van der Waals surface area contributed by atoms with Gasteiger partial charge in [-0.1, -0.05) is 91.0 Å². The average molecular weight is 583 g/mol. The normalized spacial score (nSPS) is 12.7. The van der Waals surface area contributed by atoms with E-state index in [2.05, 4.69) is 25.9 Å². The third kappa shape index (κ3) is 9.85. The fourth-order valence-corrected chi connectivity index (χ4v) is 4.41. The third-order valence-electron chi connectivity index (χ3n) is 6.66. The Labute approximate surface area is 249 Å². The van der Waals surface area contributed by atoms with Crippen LogP contribution in [-0.2, 0) is 45.0 Å². The van der Waals surface area contributed by atoms with Crippen molar-refractivity contribution in [3.05, 3.63) is 126 Å². The molecule has 4 rings (SSSR count). The largest absolute Gasteiger partial charge is 0.445 e. The van der Waals surface area contributed by atoms with Crippen molar-refractivity contribution in [1.29, 1.82) is 0 Å². The van der Waals surface area contributed by atoms with E-state index in [0.717, 1.165) is 16.7 Å². The zero-order valence-corrected chi connectivity index (χ0v) is 23.4. The Bertz CT molecular complexity index is 1470. The maximum absolute atomic E-state index is 13.7. The molecular formula is C32H34N6O5. The molecule has 0 aliphatic carbocycles. The molecule has 0 aliphatic rings. The summed E-state index contributed by atoms with van der Waals surface area (Å²) >= 11 is 0. The number of carbonyl (C=O) groups excluding carboxylic acids is 4. The summed E-state index contributed by atoms with van der Waals surface area (Å²) in [5.41, 5.74) is 8.55. The first-order chi connectivity index (χ1) is 20.9. The van der Waals surface area contributed by atoms with Gasteiger partial charge in [0.05, 0.1) is 6.33 Å². The Hall–Kier alpha value is -5.45. The van der Waals surface area contributed by atoms with Gasteiger partial charge in [-0.2, -0.15) is 0 Å². The molecule has 0 unspecified atom stereocenters. The van der Waals surface area contributed by atoms with E-state index in [1.807, 2.05) is 91.0 Å².